The third kappa shape index (κ3) is 4.17. The number of nitrogens with one attached hydrogen (secondary N) is 1. The third-order valence-corrected chi connectivity index (χ3v) is 5.09. The number of imidazole rings is 1. The van der Waals surface area contributed by atoms with Gasteiger partial charge in [0.25, 0.3) is 5.91 Å². The van der Waals surface area contributed by atoms with Crippen LogP contribution in [0.25, 0.3) is 5.65 Å². The van der Waals surface area contributed by atoms with Crippen LogP contribution < -0.4 is 5.32 Å². The van der Waals surface area contributed by atoms with Crippen molar-refractivity contribution in [1.82, 2.24) is 14.4 Å². The lowest BCUT2D eigenvalue weighted by atomic mass is 10.2. The molecule has 0 aliphatic rings. The van der Waals surface area contributed by atoms with Gasteiger partial charge in [0.2, 0.25) is 0 Å². The quantitative estimate of drug-likeness (QED) is 0.519. The molecule has 0 aliphatic carbocycles. The lowest BCUT2D eigenvalue weighted by Crippen LogP contribution is -2.12. The zero-order valence-corrected chi connectivity index (χ0v) is 15.6. The summed E-state index contributed by atoms with van der Waals surface area (Å²) in [6, 6.07) is 19.1. The number of carbonyl (C=O) groups is 1. The number of benzene rings is 1. The number of thioether (sulfide) groups is 1. The molecule has 134 valence electrons. The maximum Gasteiger partial charge on any atom is 0.256 e. The summed E-state index contributed by atoms with van der Waals surface area (Å²) in [5.74, 6) is 1.18. The monoisotopic (exact) mass is 374 g/mol. The van der Waals surface area contributed by atoms with Gasteiger partial charge in [-0.1, -0.05) is 12.1 Å². The van der Waals surface area contributed by atoms with Gasteiger partial charge >= 0.3 is 0 Å². The van der Waals surface area contributed by atoms with Crippen molar-refractivity contribution in [2.24, 2.45) is 0 Å². The summed E-state index contributed by atoms with van der Waals surface area (Å²) in [6.45, 7) is 1.89. The third-order valence-electron chi connectivity index (χ3n) is 4.05. The molecule has 1 amide bonds. The van der Waals surface area contributed by atoms with Gasteiger partial charge in [0.05, 0.1) is 5.69 Å². The van der Waals surface area contributed by atoms with Crippen molar-refractivity contribution < 1.29 is 4.79 Å². The van der Waals surface area contributed by atoms with E-state index in [9.17, 15) is 4.79 Å². The standard InChI is InChI=1S/C21H18N4OS/c1-15-5-4-6-19(22-15)24-21(26)16-8-10-18(11-9-16)27-14-17-13-25-12-3-2-7-20(25)23-17/h2-13H,14H2,1H3,(H,22,24,26). The van der Waals surface area contributed by atoms with Gasteiger partial charge in [-0.15, -0.1) is 11.8 Å². The number of fused-ring (bicyclic) bond motifs is 1. The van der Waals surface area contributed by atoms with Crippen molar-refractivity contribution >= 4 is 29.1 Å². The van der Waals surface area contributed by atoms with E-state index < -0.39 is 0 Å². The molecular weight excluding hydrogens is 356 g/mol. The van der Waals surface area contributed by atoms with Crippen LogP contribution >= 0.6 is 11.8 Å². The smallest absolute Gasteiger partial charge is 0.256 e. The Hall–Kier alpha value is -3.12. The molecule has 0 unspecified atom stereocenters. The molecule has 0 saturated carbocycles. The second-order valence-corrected chi connectivity index (χ2v) is 7.18. The lowest BCUT2D eigenvalue weighted by Gasteiger charge is -2.06. The van der Waals surface area contributed by atoms with E-state index in [4.69, 9.17) is 0 Å². The van der Waals surface area contributed by atoms with Crippen molar-refractivity contribution in [1.29, 1.82) is 0 Å². The fraction of sp³-hybridized carbons (Fsp3) is 0.0952. The average Bonchev–Trinajstić information content (AvgIpc) is 3.10. The van der Waals surface area contributed by atoms with Gasteiger partial charge in [-0.2, -0.15) is 0 Å². The summed E-state index contributed by atoms with van der Waals surface area (Å²) in [4.78, 5) is 22.3. The number of carbonyl (C=O) groups excluding carboxylic acids is 1. The Morgan fingerprint density at radius 3 is 2.67 bits per heavy atom. The van der Waals surface area contributed by atoms with Crippen LogP contribution in [0.15, 0.2) is 78.0 Å². The first kappa shape index (κ1) is 17.3. The second kappa shape index (κ2) is 7.63. The molecule has 0 atom stereocenters. The van der Waals surface area contributed by atoms with Crippen molar-refractivity contribution in [2.75, 3.05) is 5.32 Å². The van der Waals surface area contributed by atoms with Gasteiger partial charge in [0.1, 0.15) is 11.5 Å². The number of hydrogen-bond acceptors (Lipinski definition) is 4. The molecular formula is C21H18N4OS. The minimum atomic E-state index is -0.162. The Kier molecular flexibility index (Phi) is 4.89. The molecule has 4 rings (SSSR count). The van der Waals surface area contributed by atoms with E-state index in [0.717, 1.165) is 27.7 Å². The van der Waals surface area contributed by atoms with Crippen LogP contribution in [0.5, 0.6) is 0 Å². The van der Waals surface area contributed by atoms with Crippen LogP contribution in [0.1, 0.15) is 21.7 Å². The molecule has 1 aromatic carbocycles. The van der Waals surface area contributed by atoms with Gasteiger partial charge < -0.3 is 9.72 Å². The Bertz CT molecular complexity index is 1060. The van der Waals surface area contributed by atoms with Crippen molar-refractivity contribution in [3.8, 4) is 0 Å². The molecule has 3 heterocycles. The predicted molar refractivity (Wildman–Crippen MR) is 108 cm³/mol. The van der Waals surface area contributed by atoms with E-state index in [1.165, 1.54) is 0 Å². The number of anilines is 1. The minimum absolute atomic E-state index is 0.162. The molecule has 0 saturated heterocycles. The van der Waals surface area contributed by atoms with Crippen LogP contribution in [0.3, 0.4) is 0 Å². The largest absolute Gasteiger partial charge is 0.307 e. The van der Waals surface area contributed by atoms with Crippen LogP contribution in [0.2, 0.25) is 0 Å². The van der Waals surface area contributed by atoms with Crippen molar-refractivity contribution in [3.63, 3.8) is 0 Å². The summed E-state index contributed by atoms with van der Waals surface area (Å²) in [6.07, 6.45) is 4.03. The van der Waals surface area contributed by atoms with Gasteiger partial charge in [-0.05, 0) is 55.5 Å². The molecule has 1 N–H and O–H groups in total. The maximum atomic E-state index is 12.3. The first-order valence-electron chi connectivity index (χ1n) is 8.58. The summed E-state index contributed by atoms with van der Waals surface area (Å²) < 4.78 is 2.02. The number of nitrogens with zero attached hydrogens (tertiary/aromatic N) is 3. The van der Waals surface area contributed by atoms with Gasteiger partial charge in [-0.25, -0.2) is 9.97 Å². The van der Waals surface area contributed by atoms with Crippen molar-refractivity contribution in [3.05, 3.63) is 90.0 Å². The fourth-order valence-corrected chi connectivity index (χ4v) is 3.50. The van der Waals surface area contributed by atoms with E-state index in [0.29, 0.717) is 11.4 Å². The highest BCUT2D eigenvalue weighted by Gasteiger charge is 2.08. The number of hydrogen-bond donors (Lipinski definition) is 1. The number of rotatable bonds is 5. The van der Waals surface area contributed by atoms with Gasteiger partial charge in [0.15, 0.2) is 0 Å². The van der Waals surface area contributed by atoms with E-state index in [-0.39, 0.29) is 5.91 Å². The van der Waals surface area contributed by atoms with E-state index in [1.54, 1.807) is 17.8 Å². The van der Waals surface area contributed by atoms with Crippen LogP contribution in [-0.4, -0.2) is 20.3 Å². The maximum absolute atomic E-state index is 12.3. The highest BCUT2D eigenvalue weighted by Crippen LogP contribution is 2.23. The molecule has 27 heavy (non-hydrogen) atoms. The van der Waals surface area contributed by atoms with Crippen LogP contribution in [-0.2, 0) is 5.75 Å². The van der Waals surface area contributed by atoms with Gasteiger partial charge in [0, 0.05) is 34.3 Å². The Morgan fingerprint density at radius 2 is 1.89 bits per heavy atom. The Labute approximate surface area is 161 Å². The highest BCUT2D eigenvalue weighted by atomic mass is 32.2. The summed E-state index contributed by atoms with van der Waals surface area (Å²) in [5.41, 5.74) is 3.45. The molecule has 0 spiro atoms. The number of aromatic nitrogens is 3. The minimum Gasteiger partial charge on any atom is -0.307 e. The zero-order valence-electron chi connectivity index (χ0n) is 14.8. The topological polar surface area (TPSA) is 59.3 Å². The van der Waals surface area contributed by atoms with Crippen molar-refractivity contribution in [2.45, 2.75) is 17.6 Å². The van der Waals surface area contributed by atoms with Crippen LogP contribution in [0, 0.1) is 6.92 Å². The van der Waals surface area contributed by atoms with E-state index in [1.807, 2.05) is 78.3 Å². The Balaban J connectivity index is 1.38. The predicted octanol–water partition coefficient (Wildman–Crippen LogP) is 4.58. The summed E-state index contributed by atoms with van der Waals surface area (Å²) >= 11 is 1.70. The number of aryl methyl sites for hydroxylation is 1. The lowest BCUT2D eigenvalue weighted by molar-refractivity contribution is 0.102. The number of amides is 1. The molecule has 0 radical (unpaired) electrons. The molecule has 0 bridgehead atoms. The summed E-state index contributed by atoms with van der Waals surface area (Å²) in [5, 5.41) is 2.82. The van der Waals surface area contributed by atoms with E-state index in [2.05, 4.69) is 15.3 Å². The van der Waals surface area contributed by atoms with E-state index >= 15 is 0 Å². The zero-order chi connectivity index (χ0) is 18.6. The fourth-order valence-electron chi connectivity index (χ4n) is 2.72. The molecule has 4 aromatic rings. The molecule has 0 fully saturated rings. The molecule has 3 aromatic heterocycles. The Morgan fingerprint density at radius 1 is 1.04 bits per heavy atom. The molecule has 6 heteroatoms. The highest BCUT2D eigenvalue weighted by molar-refractivity contribution is 7.98. The summed E-state index contributed by atoms with van der Waals surface area (Å²) in [7, 11) is 0. The SMILES string of the molecule is Cc1cccc(NC(=O)c2ccc(SCc3cn4ccccc4n3)cc2)n1. The molecule has 5 nitrogen and oxygen atoms in total. The first-order valence-corrected chi connectivity index (χ1v) is 9.56. The number of pyridine rings is 2. The average molecular weight is 374 g/mol. The molecule has 0 aliphatic heterocycles. The van der Waals surface area contributed by atoms with Gasteiger partial charge in [-0.3, -0.25) is 4.79 Å². The second-order valence-electron chi connectivity index (χ2n) is 6.13. The first-order chi connectivity index (χ1) is 13.2. The van der Waals surface area contributed by atoms with Crippen LogP contribution in [0.4, 0.5) is 5.82 Å². The normalized spacial score (nSPS) is 10.9.